The van der Waals surface area contributed by atoms with Gasteiger partial charge in [0.05, 0.1) is 0 Å². The van der Waals surface area contributed by atoms with Crippen LogP contribution < -0.4 is 5.73 Å². The summed E-state index contributed by atoms with van der Waals surface area (Å²) in [6, 6.07) is 4.65. The lowest BCUT2D eigenvalue weighted by Crippen LogP contribution is -2.32. The smallest absolute Gasteiger partial charge is 0.320 e. The lowest BCUT2D eigenvalue weighted by molar-refractivity contribution is -0.138. The van der Waals surface area contributed by atoms with Crippen molar-refractivity contribution in [2.45, 2.75) is 18.9 Å². The quantitative estimate of drug-likeness (QED) is 0.801. The third-order valence-electron chi connectivity index (χ3n) is 2.05. The molecule has 0 bridgehead atoms. The summed E-state index contributed by atoms with van der Waals surface area (Å²) in [5, 5.41) is 8.56. The second-order valence-corrected chi connectivity index (χ2v) is 3.15. The fraction of sp³-hybridized carbons (Fsp3) is 0.300. The van der Waals surface area contributed by atoms with Gasteiger partial charge in [0.2, 0.25) is 0 Å². The van der Waals surface area contributed by atoms with Crippen molar-refractivity contribution in [1.82, 2.24) is 0 Å². The van der Waals surface area contributed by atoms with Crippen molar-refractivity contribution < 1.29 is 18.7 Å². The molecule has 0 heterocycles. The number of alkyl halides is 2. The molecule has 0 aromatic heterocycles. The number of carbonyl (C=O) groups is 1. The van der Waals surface area contributed by atoms with Crippen LogP contribution in [0.15, 0.2) is 24.3 Å². The standard InChI is InChI=1S/C10H11F2NO2/c11-9(12)7-4-2-1-3-6(7)5-8(13)10(14)15/h1-4,8-9H,5,13H2,(H,14,15). The van der Waals surface area contributed by atoms with E-state index in [9.17, 15) is 13.6 Å². The van der Waals surface area contributed by atoms with Crippen LogP contribution in [0.3, 0.4) is 0 Å². The number of nitrogens with two attached hydrogens (primary N) is 1. The molecule has 0 spiro atoms. The normalized spacial score (nSPS) is 12.8. The Morgan fingerprint density at radius 1 is 1.40 bits per heavy atom. The van der Waals surface area contributed by atoms with Gasteiger partial charge >= 0.3 is 5.97 Å². The zero-order valence-corrected chi connectivity index (χ0v) is 7.86. The zero-order chi connectivity index (χ0) is 11.4. The molecule has 1 unspecified atom stereocenters. The van der Waals surface area contributed by atoms with E-state index < -0.39 is 18.4 Å². The average molecular weight is 215 g/mol. The summed E-state index contributed by atoms with van der Waals surface area (Å²) in [5.41, 5.74) is 5.39. The molecule has 0 aliphatic heterocycles. The largest absolute Gasteiger partial charge is 0.480 e. The second kappa shape index (κ2) is 4.84. The fourth-order valence-electron chi connectivity index (χ4n) is 1.26. The monoisotopic (exact) mass is 215 g/mol. The van der Waals surface area contributed by atoms with E-state index in [0.29, 0.717) is 0 Å². The zero-order valence-electron chi connectivity index (χ0n) is 7.86. The van der Waals surface area contributed by atoms with Gasteiger partial charge in [-0.3, -0.25) is 4.79 Å². The molecule has 0 amide bonds. The molecule has 1 aromatic rings. The fourth-order valence-corrected chi connectivity index (χ4v) is 1.26. The first-order chi connectivity index (χ1) is 7.02. The molecule has 1 atom stereocenters. The predicted octanol–water partition coefficient (Wildman–Crippen LogP) is 1.58. The average Bonchev–Trinajstić information content (AvgIpc) is 2.18. The molecule has 1 aromatic carbocycles. The van der Waals surface area contributed by atoms with Gasteiger partial charge < -0.3 is 10.8 Å². The van der Waals surface area contributed by atoms with Gasteiger partial charge in [-0.25, -0.2) is 8.78 Å². The minimum Gasteiger partial charge on any atom is -0.480 e. The number of carboxylic acid groups (broad SMARTS) is 1. The number of aliphatic carboxylic acids is 1. The van der Waals surface area contributed by atoms with Crippen LogP contribution in [-0.2, 0) is 11.2 Å². The van der Waals surface area contributed by atoms with Crippen molar-refractivity contribution in [3.8, 4) is 0 Å². The van der Waals surface area contributed by atoms with Gasteiger partial charge in [-0.15, -0.1) is 0 Å². The van der Waals surface area contributed by atoms with Crippen LogP contribution in [0.25, 0.3) is 0 Å². The van der Waals surface area contributed by atoms with Crippen molar-refractivity contribution in [2.24, 2.45) is 5.73 Å². The second-order valence-electron chi connectivity index (χ2n) is 3.15. The van der Waals surface area contributed by atoms with E-state index in [1.165, 1.54) is 18.2 Å². The molecule has 0 fully saturated rings. The van der Waals surface area contributed by atoms with Gasteiger partial charge in [-0.2, -0.15) is 0 Å². The Morgan fingerprint density at radius 3 is 2.53 bits per heavy atom. The maximum absolute atomic E-state index is 12.5. The Morgan fingerprint density at radius 2 is 2.00 bits per heavy atom. The van der Waals surface area contributed by atoms with Gasteiger partial charge in [0, 0.05) is 5.56 Å². The maximum Gasteiger partial charge on any atom is 0.320 e. The third-order valence-corrected chi connectivity index (χ3v) is 2.05. The highest BCUT2D eigenvalue weighted by atomic mass is 19.3. The van der Waals surface area contributed by atoms with Crippen LogP contribution >= 0.6 is 0 Å². The molecule has 0 radical (unpaired) electrons. The van der Waals surface area contributed by atoms with Crippen molar-refractivity contribution >= 4 is 5.97 Å². The number of halogens is 2. The molecular weight excluding hydrogens is 204 g/mol. The number of hydrogen-bond donors (Lipinski definition) is 2. The van der Waals surface area contributed by atoms with E-state index in [4.69, 9.17) is 10.8 Å². The van der Waals surface area contributed by atoms with E-state index in [1.54, 1.807) is 6.07 Å². The SMILES string of the molecule is NC(Cc1ccccc1C(F)F)C(=O)O. The highest BCUT2D eigenvalue weighted by Crippen LogP contribution is 2.23. The van der Waals surface area contributed by atoms with Crippen molar-refractivity contribution in [2.75, 3.05) is 0 Å². The molecule has 5 heteroatoms. The number of carboxylic acids is 1. The van der Waals surface area contributed by atoms with Gasteiger partial charge in [-0.05, 0) is 12.0 Å². The first-order valence-corrected chi connectivity index (χ1v) is 4.36. The van der Waals surface area contributed by atoms with Crippen LogP contribution in [0.5, 0.6) is 0 Å². The van der Waals surface area contributed by atoms with Crippen LogP contribution in [0.2, 0.25) is 0 Å². The Kier molecular flexibility index (Phi) is 3.74. The number of hydrogen-bond acceptors (Lipinski definition) is 2. The highest BCUT2D eigenvalue weighted by Gasteiger charge is 2.17. The Hall–Kier alpha value is -1.49. The van der Waals surface area contributed by atoms with Crippen molar-refractivity contribution in [3.05, 3.63) is 35.4 Å². The molecule has 3 N–H and O–H groups in total. The number of rotatable bonds is 4. The van der Waals surface area contributed by atoms with Crippen molar-refractivity contribution in [3.63, 3.8) is 0 Å². The Bertz CT molecular complexity index is 355. The topological polar surface area (TPSA) is 63.3 Å². The molecule has 0 saturated heterocycles. The molecule has 82 valence electrons. The van der Waals surface area contributed by atoms with E-state index in [0.717, 1.165) is 0 Å². The summed E-state index contributed by atoms with van der Waals surface area (Å²) >= 11 is 0. The summed E-state index contributed by atoms with van der Waals surface area (Å²) in [5.74, 6) is -1.20. The molecule has 3 nitrogen and oxygen atoms in total. The van der Waals surface area contributed by atoms with Gasteiger partial charge in [0.15, 0.2) is 0 Å². The minimum absolute atomic E-state index is 0.0875. The molecule has 1 rings (SSSR count). The molecule has 15 heavy (non-hydrogen) atoms. The van der Waals surface area contributed by atoms with Crippen LogP contribution in [0, 0.1) is 0 Å². The van der Waals surface area contributed by atoms with E-state index >= 15 is 0 Å². The highest BCUT2D eigenvalue weighted by molar-refractivity contribution is 5.73. The third kappa shape index (κ3) is 2.99. The lowest BCUT2D eigenvalue weighted by Gasteiger charge is -2.10. The van der Waals surface area contributed by atoms with Crippen molar-refractivity contribution in [1.29, 1.82) is 0 Å². The van der Waals surface area contributed by atoms with Gasteiger partial charge in [0.25, 0.3) is 6.43 Å². The molecular formula is C10H11F2NO2. The van der Waals surface area contributed by atoms with Gasteiger partial charge in [-0.1, -0.05) is 24.3 Å². The first kappa shape index (κ1) is 11.6. The van der Waals surface area contributed by atoms with E-state index in [-0.39, 0.29) is 17.5 Å². The Balaban J connectivity index is 2.89. The summed E-state index contributed by atoms with van der Waals surface area (Å²) in [4.78, 5) is 10.5. The summed E-state index contributed by atoms with van der Waals surface area (Å²) < 4.78 is 25.0. The summed E-state index contributed by atoms with van der Waals surface area (Å²) in [6.07, 6.45) is -2.70. The van der Waals surface area contributed by atoms with E-state index in [2.05, 4.69) is 0 Å². The minimum atomic E-state index is -2.61. The maximum atomic E-state index is 12.5. The molecule has 0 saturated carbocycles. The summed E-state index contributed by atoms with van der Waals surface area (Å²) in [7, 11) is 0. The van der Waals surface area contributed by atoms with Gasteiger partial charge in [0.1, 0.15) is 6.04 Å². The molecule has 0 aliphatic rings. The lowest BCUT2D eigenvalue weighted by atomic mass is 10.0. The van der Waals surface area contributed by atoms with Crippen LogP contribution in [-0.4, -0.2) is 17.1 Å². The van der Waals surface area contributed by atoms with Crippen LogP contribution in [0.4, 0.5) is 8.78 Å². The van der Waals surface area contributed by atoms with E-state index in [1.807, 2.05) is 0 Å². The number of benzene rings is 1. The first-order valence-electron chi connectivity index (χ1n) is 4.36. The molecule has 0 aliphatic carbocycles. The Labute approximate surface area is 85.5 Å². The van der Waals surface area contributed by atoms with Crippen LogP contribution in [0.1, 0.15) is 17.6 Å². The summed E-state index contributed by atoms with van der Waals surface area (Å²) in [6.45, 7) is 0. The predicted molar refractivity (Wildman–Crippen MR) is 50.7 cm³/mol.